The Morgan fingerprint density at radius 2 is 2.05 bits per heavy atom. The van der Waals surface area contributed by atoms with Crippen molar-refractivity contribution in [3.8, 4) is 0 Å². The van der Waals surface area contributed by atoms with Gasteiger partial charge in [-0.25, -0.2) is 13.1 Å². The van der Waals surface area contributed by atoms with Gasteiger partial charge < -0.3 is 5.73 Å². The van der Waals surface area contributed by atoms with Crippen molar-refractivity contribution in [3.05, 3.63) is 29.1 Å². The third kappa shape index (κ3) is 2.50. The number of thiophene rings is 1. The minimum absolute atomic E-state index is 0.245. The Bertz CT molecular complexity index is 756. The Balaban J connectivity index is 2.10. The van der Waals surface area contributed by atoms with Crippen LogP contribution in [0.25, 0.3) is 10.1 Å². The second kappa shape index (κ2) is 5.35. The summed E-state index contributed by atoms with van der Waals surface area (Å²) in [5, 5.41) is 0.779. The van der Waals surface area contributed by atoms with E-state index < -0.39 is 10.0 Å². The molecule has 1 heterocycles. The first-order valence-corrected chi connectivity index (χ1v) is 9.56. The lowest BCUT2D eigenvalue weighted by Crippen LogP contribution is -2.52. The third-order valence-electron chi connectivity index (χ3n) is 4.41. The Labute approximate surface area is 129 Å². The normalized spacial score (nSPS) is 17.8. The van der Waals surface area contributed by atoms with E-state index in [9.17, 15) is 8.42 Å². The average Bonchev–Trinajstić information content (AvgIpc) is 2.82. The van der Waals surface area contributed by atoms with E-state index in [1.165, 1.54) is 11.3 Å². The molecule has 1 saturated carbocycles. The zero-order valence-electron chi connectivity index (χ0n) is 12.1. The summed E-state index contributed by atoms with van der Waals surface area (Å²) in [5.74, 6) is 0. The van der Waals surface area contributed by atoms with Crippen LogP contribution >= 0.6 is 11.3 Å². The van der Waals surface area contributed by atoms with Gasteiger partial charge in [-0.15, -0.1) is 11.3 Å². The minimum Gasteiger partial charge on any atom is -0.326 e. The van der Waals surface area contributed by atoms with Gasteiger partial charge in [-0.3, -0.25) is 0 Å². The van der Waals surface area contributed by atoms with Crippen LogP contribution in [0, 0.1) is 0 Å². The van der Waals surface area contributed by atoms with E-state index in [0.717, 1.165) is 40.6 Å². The lowest BCUT2D eigenvalue weighted by atomic mass is 9.76. The number of hydrogen-bond acceptors (Lipinski definition) is 4. The number of nitrogens with two attached hydrogens (primary N) is 1. The standard InChI is InChI=1S/C15H20N2O2S2/c1-2-15(8-5-9-15)17-21(18,19)14-11-6-3-4-7-12(11)20-13(14)10-16/h3-4,6-7,17H,2,5,8-10,16H2,1H3. The molecule has 1 aliphatic rings. The quantitative estimate of drug-likeness (QED) is 0.888. The Morgan fingerprint density at radius 3 is 2.62 bits per heavy atom. The van der Waals surface area contributed by atoms with Gasteiger partial charge in [-0.1, -0.05) is 25.1 Å². The summed E-state index contributed by atoms with van der Waals surface area (Å²) in [7, 11) is -3.54. The first-order valence-electron chi connectivity index (χ1n) is 7.26. The molecule has 0 unspecified atom stereocenters. The van der Waals surface area contributed by atoms with Crippen molar-refractivity contribution in [3.63, 3.8) is 0 Å². The first kappa shape index (κ1) is 15.0. The van der Waals surface area contributed by atoms with E-state index in [-0.39, 0.29) is 12.1 Å². The number of rotatable bonds is 5. The van der Waals surface area contributed by atoms with Gasteiger partial charge in [0.25, 0.3) is 0 Å². The van der Waals surface area contributed by atoms with Crippen LogP contribution in [0.2, 0.25) is 0 Å². The van der Waals surface area contributed by atoms with Crippen molar-refractivity contribution in [2.45, 2.75) is 49.6 Å². The van der Waals surface area contributed by atoms with Crippen molar-refractivity contribution in [2.24, 2.45) is 5.73 Å². The smallest absolute Gasteiger partial charge is 0.242 e. The summed E-state index contributed by atoms with van der Waals surface area (Å²) in [6.07, 6.45) is 3.75. The molecule has 3 rings (SSSR count). The molecule has 0 radical (unpaired) electrons. The zero-order valence-corrected chi connectivity index (χ0v) is 13.7. The molecule has 3 N–H and O–H groups in total. The van der Waals surface area contributed by atoms with Gasteiger partial charge in [0.2, 0.25) is 10.0 Å². The molecule has 114 valence electrons. The second-order valence-electron chi connectivity index (χ2n) is 5.65. The van der Waals surface area contributed by atoms with Crippen LogP contribution in [0.3, 0.4) is 0 Å². The van der Waals surface area contributed by atoms with Gasteiger partial charge in [0, 0.05) is 27.0 Å². The highest BCUT2D eigenvalue weighted by molar-refractivity contribution is 7.90. The second-order valence-corrected chi connectivity index (χ2v) is 8.40. The zero-order chi connectivity index (χ0) is 15.1. The number of fused-ring (bicyclic) bond motifs is 1. The lowest BCUT2D eigenvalue weighted by Gasteiger charge is -2.41. The summed E-state index contributed by atoms with van der Waals surface area (Å²) in [5.41, 5.74) is 5.52. The molecule has 0 atom stereocenters. The van der Waals surface area contributed by atoms with E-state index in [1.54, 1.807) is 0 Å². The summed E-state index contributed by atoms with van der Waals surface area (Å²) in [6.45, 7) is 2.28. The lowest BCUT2D eigenvalue weighted by molar-refractivity contribution is 0.214. The van der Waals surface area contributed by atoms with Crippen LogP contribution in [0.1, 0.15) is 37.5 Å². The van der Waals surface area contributed by atoms with Gasteiger partial charge in [-0.2, -0.15) is 0 Å². The largest absolute Gasteiger partial charge is 0.326 e. The number of nitrogens with one attached hydrogen (secondary N) is 1. The van der Waals surface area contributed by atoms with Crippen molar-refractivity contribution in [1.29, 1.82) is 0 Å². The van der Waals surface area contributed by atoms with E-state index in [0.29, 0.717) is 4.90 Å². The number of benzene rings is 1. The topological polar surface area (TPSA) is 72.2 Å². The minimum atomic E-state index is -3.54. The molecule has 4 nitrogen and oxygen atoms in total. The van der Waals surface area contributed by atoms with E-state index >= 15 is 0 Å². The number of sulfonamides is 1. The molecule has 6 heteroatoms. The predicted octanol–water partition coefficient (Wildman–Crippen LogP) is 2.97. The van der Waals surface area contributed by atoms with Crippen LogP contribution in [-0.2, 0) is 16.6 Å². The summed E-state index contributed by atoms with van der Waals surface area (Å²) < 4.78 is 29.7. The maximum absolute atomic E-state index is 12.9. The molecular weight excluding hydrogens is 304 g/mol. The highest BCUT2D eigenvalue weighted by Gasteiger charge is 2.40. The average molecular weight is 324 g/mol. The molecule has 0 spiro atoms. The molecule has 1 aromatic heterocycles. The Morgan fingerprint density at radius 1 is 1.33 bits per heavy atom. The Hall–Kier alpha value is -0.950. The fourth-order valence-corrected chi connectivity index (χ4v) is 6.34. The molecule has 1 aliphatic carbocycles. The fraction of sp³-hybridized carbons (Fsp3) is 0.467. The van der Waals surface area contributed by atoms with E-state index in [4.69, 9.17) is 5.73 Å². The molecule has 21 heavy (non-hydrogen) atoms. The maximum Gasteiger partial charge on any atom is 0.242 e. The summed E-state index contributed by atoms with van der Waals surface area (Å²) >= 11 is 1.47. The van der Waals surface area contributed by atoms with Crippen LogP contribution < -0.4 is 10.5 Å². The summed E-state index contributed by atoms with van der Waals surface area (Å²) in [4.78, 5) is 1.11. The molecule has 0 bridgehead atoms. The van der Waals surface area contributed by atoms with Gasteiger partial charge in [0.05, 0.1) is 0 Å². The SMILES string of the molecule is CCC1(NS(=O)(=O)c2c(CN)sc3ccccc23)CCC1. The van der Waals surface area contributed by atoms with Gasteiger partial charge in [0.15, 0.2) is 0 Å². The van der Waals surface area contributed by atoms with Crippen LogP contribution in [0.15, 0.2) is 29.2 Å². The van der Waals surface area contributed by atoms with Gasteiger partial charge in [-0.05, 0) is 31.7 Å². The third-order valence-corrected chi connectivity index (χ3v) is 7.44. The monoisotopic (exact) mass is 324 g/mol. The number of hydrogen-bond donors (Lipinski definition) is 2. The van der Waals surface area contributed by atoms with E-state index in [1.807, 2.05) is 31.2 Å². The Kier molecular flexibility index (Phi) is 3.81. The predicted molar refractivity (Wildman–Crippen MR) is 86.9 cm³/mol. The van der Waals surface area contributed by atoms with Crippen molar-refractivity contribution in [1.82, 2.24) is 4.72 Å². The molecule has 2 aromatic rings. The van der Waals surface area contributed by atoms with Crippen molar-refractivity contribution in [2.75, 3.05) is 0 Å². The van der Waals surface area contributed by atoms with Crippen LogP contribution in [0.5, 0.6) is 0 Å². The first-order chi connectivity index (χ1) is 10.0. The van der Waals surface area contributed by atoms with Crippen molar-refractivity contribution < 1.29 is 8.42 Å². The summed E-state index contributed by atoms with van der Waals surface area (Å²) in [6, 6.07) is 7.59. The van der Waals surface area contributed by atoms with Crippen LogP contribution in [-0.4, -0.2) is 14.0 Å². The molecule has 1 fully saturated rings. The molecule has 0 aliphatic heterocycles. The highest BCUT2D eigenvalue weighted by Crippen LogP contribution is 2.39. The van der Waals surface area contributed by atoms with E-state index in [2.05, 4.69) is 4.72 Å². The highest BCUT2D eigenvalue weighted by atomic mass is 32.2. The maximum atomic E-state index is 12.9. The van der Waals surface area contributed by atoms with Gasteiger partial charge >= 0.3 is 0 Å². The molecule has 0 saturated heterocycles. The molecule has 1 aromatic carbocycles. The van der Waals surface area contributed by atoms with Crippen molar-refractivity contribution >= 4 is 31.4 Å². The van der Waals surface area contributed by atoms with Gasteiger partial charge in [0.1, 0.15) is 4.90 Å². The molecular formula is C15H20N2O2S2. The fourth-order valence-electron chi connectivity index (χ4n) is 2.97. The van der Waals surface area contributed by atoms with Crippen LogP contribution in [0.4, 0.5) is 0 Å². The molecule has 0 amide bonds.